The zero-order valence-corrected chi connectivity index (χ0v) is 16.9. The number of nitrogens with zero attached hydrogens (tertiary/aromatic N) is 1. The first kappa shape index (κ1) is 19.6. The van der Waals surface area contributed by atoms with Crippen LogP contribution in [0.1, 0.15) is 30.0 Å². The molecule has 0 aliphatic carbocycles. The second-order valence-electron chi connectivity index (χ2n) is 7.49. The summed E-state index contributed by atoms with van der Waals surface area (Å²) in [5.74, 6) is 2.31. The van der Waals surface area contributed by atoms with Crippen molar-refractivity contribution in [3.05, 3.63) is 53.6 Å². The summed E-state index contributed by atoms with van der Waals surface area (Å²) in [6.07, 6.45) is 2.72. The van der Waals surface area contributed by atoms with Crippen molar-refractivity contribution >= 4 is 5.91 Å². The molecule has 6 heteroatoms. The Hall–Kier alpha value is -2.73. The average Bonchev–Trinajstić information content (AvgIpc) is 3.28. The highest BCUT2D eigenvalue weighted by Crippen LogP contribution is 2.31. The van der Waals surface area contributed by atoms with E-state index >= 15 is 0 Å². The monoisotopic (exact) mass is 396 g/mol. The van der Waals surface area contributed by atoms with Gasteiger partial charge in [-0.05, 0) is 61.3 Å². The van der Waals surface area contributed by atoms with Crippen LogP contribution in [0.4, 0.5) is 0 Å². The number of ether oxygens (including phenoxy) is 3. The minimum absolute atomic E-state index is 0.00812. The van der Waals surface area contributed by atoms with Crippen LogP contribution in [0.5, 0.6) is 17.2 Å². The fraction of sp³-hybridized carbons (Fsp3) is 0.435. The van der Waals surface area contributed by atoms with Crippen LogP contribution in [0.3, 0.4) is 0 Å². The minimum atomic E-state index is 0.00812. The standard InChI is InChI=1S/C23H28N2O4/c1-27-19-6-4-5-18(15-19)20(25-9-2-3-10-25)16-24-23(26)14-17-7-8-21-22(13-17)29-12-11-28-21/h4-8,13,15,20H,2-3,9-12,14,16H2,1H3,(H,24,26). The molecule has 1 unspecified atom stereocenters. The lowest BCUT2D eigenvalue weighted by Crippen LogP contribution is -2.37. The molecule has 6 nitrogen and oxygen atoms in total. The summed E-state index contributed by atoms with van der Waals surface area (Å²) in [6.45, 7) is 3.80. The molecule has 4 rings (SSSR count). The second kappa shape index (κ2) is 9.18. The van der Waals surface area contributed by atoms with Gasteiger partial charge in [0.15, 0.2) is 11.5 Å². The van der Waals surface area contributed by atoms with E-state index in [9.17, 15) is 4.79 Å². The molecular formula is C23H28N2O4. The zero-order chi connectivity index (χ0) is 20.1. The van der Waals surface area contributed by atoms with E-state index in [1.54, 1.807) is 7.11 Å². The molecule has 2 aromatic rings. The number of methoxy groups -OCH3 is 1. The highest BCUT2D eigenvalue weighted by Gasteiger charge is 2.24. The molecule has 0 bridgehead atoms. The number of benzene rings is 2. The number of hydrogen-bond acceptors (Lipinski definition) is 5. The summed E-state index contributed by atoms with van der Waals surface area (Å²) in [5, 5.41) is 3.13. The maximum Gasteiger partial charge on any atom is 0.224 e. The van der Waals surface area contributed by atoms with Crippen LogP contribution in [0.15, 0.2) is 42.5 Å². The van der Waals surface area contributed by atoms with E-state index in [1.165, 1.54) is 18.4 Å². The molecule has 0 saturated carbocycles. The van der Waals surface area contributed by atoms with Gasteiger partial charge in [0.05, 0.1) is 19.6 Å². The molecule has 2 aromatic carbocycles. The van der Waals surface area contributed by atoms with Crippen LogP contribution in [-0.2, 0) is 11.2 Å². The summed E-state index contributed by atoms with van der Waals surface area (Å²) in [6, 6.07) is 14.0. The first-order valence-electron chi connectivity index (χ1n) is 10.3. The second-order valence-corrected chi connectivity index (χ2v) is 7.49. The van der Waals surface area contributed by atoms with Gasteiger partial charge in [-0.2, -0.15) is 0 Å². The number of nitrogens with one attached hydrogen (secondary N) is 1. The van der Waals surface area contributed by atoms with Gasteiger partial charge in [-0.25, -0.2) is 0 Å². The van der Waals surface area contributed by atoms with Gasteiger partial charge in [0.1, 0.15) is 19.0 Å². The van der Waals surface area contributed by atoms with E-state index in [0.29, 0.717) is 31.9 Å². The molecule has 1 N–H and O–H groups in total. The number of carbonyl (C=O) groups excluding carboxylic acids is 1. The number of hydrogen-bond donors (Lipinski definition) is 1. The molecule has 2 aliphatic rings. The first-order chi connectivity index (χ1) is 14.2. The van der Waals surface area contributed by atoms with Crippen LogP contribution in [-0.4, -0.2) is 50.8 Å². The number of amides is 1. The van der Waals surface area contributed by atoms with Crippen molar-refractivity contribution in [3.8, 4) is 17.2 Å². The van der Waals surface area contributed by atoms with E-state index in [1.807, 2.05) is 30.3 Å². The summed E-state index contributed by atoms with van der Waals surface area (Å²) in [4.78, 5) is 15.1. The van der Waals surface area contributed by atoms with Crippen LogP contribution in [0.2, 0.25) is 0 Å². The topological polar surface area (TPSA) is 60.0 Å². The van der Waals surface area contributed by atoms with Gasteiger partial charge >= 0.3 is 0 Å². The Balaban J connectivity index is 1.40. The maximum atomic E-state index is 12.6. The molecule has 0 spiro atoms. The molecule has 0 radical (unpaired) electrons. The van der Waals surface area contributed by atoms with Crippen molar-refractivity contribution in [1.82, 2.24) is 10.2 Å². The largest absolute Gasteiger partial charge is 0.497 e. The number of rotatable bonds is 7. The van der Waals surface area contributed by atoms with Crippen LogP contribution in [0, 0.1) is 0 Å². The predicted molar refractivity (Wildman–Crippen MR) is 111 cm³/mol. The van der Waals surface area contributed by atoms with E-state index in [-0.39, 0.29) is 11.9 Å². The molecule has 29 heavy (non-hydrogen) atoms. The molecule has 0 aromatic heterocycles. The van der Waals surface area contributed by atoms with Gasteiger partial charge < -0.3 is 19.5 Å². The van der Waals surface area contributed by atoms with Crippen LogP contribution < -0.4 is 19.5 Å². The Labute approximate surface area is 171 Å². The molecule has 1 amide bonds. The Kier molecular flexibility index (Phi) is 6.20. The van der Waals surface area contributed by atoms with Gasteiger partial charge in [-0.3, -0.25) is 9.69 Å². The van der Waals surface area contributed by atoms with Crippen molar-refractivity contribution < 1.29 is 19.0 Å². The normalized spacial score (nSPS) is 17.0. The Bertz CT molecular complexity index is 849. The van der Waals surface area contributed by atoms with Crippen molar-refractivity contribution in [3.63, 3.8) is 0 Å². The average molecular weight is 396 g/mol. The van der Waals surface area contributed by atoms with Crippen molar-refractivity contribution in [2.75, 3.05) is 40.0 Å². The Morgan fingerprint density at radius 2 is 1.90 bits per heavy atom. The maximum absolute atomic E-state index is 12.6. The summed E-state index contributed by atoms with van der Waals surface area (Å²) in [7, 11) is 1.68. The van der Waals surface area contributed by atoms with Crippen molar-refractivity contribution in [2.45, 2.75) is 25.3 Å². The molecular weight excluding hydrogens is 368 g/mol. The van der Waals surface area contributed by atoms with Gasteiger partial charge in [0, 0.05) is 6.54 Å². The quantitative estimate of drug-likeness (QED) is 0.780. The zero-order valence-electron chi connectivity index (χ0n) is 16.9. The lowest BCUT2D eigenvalue weighted by Gasteiger charge is -2.28. The molecule has 1 atom stereocenters. The fourth-order valence-electron chi connectivity index (χ4n) is 4.02. The number of fused-ring (bicyclic) bond motifs is 1. The van der Waals surface area contributed by atoms with E-state index in [2.05, 4.69) is 22.3 Å². The first-order valence-corrected chi connectivity index (χ1v) is 10.3. The van der Waals surface area contributed by atoms with E-state index in [0.717, 1.165) is 30.2 Å². The number of carbonyl (C=O) groups is 1. The smallest absolute Gasteiger partial charge is 0.224 e. The van der Waals surface area contributed by atoms with Crippen molar-refractivity contribution in [1.29, 1.82) is 0 Å². The lowest BCUT2D eigenvalue weighted by molar-refractivity contribution is -0.120. The molecule has 1 fully saturated rings. The predicted octanol–water partition coefficient (Wildman–Crippen LogP) is 2.96. The Morgan fingerprint density at radius 1 is 1.10 bits per heavy atom. The van der Waals surface area contributed by atoms with E-state index in [4.69, 9.17) is 14.2 Å². The summed E-state index contributed by atoms with van der Waals surface area (Å²) in [5.41, 5.74) is 2.09. The van der Waals surface area contributed by atoms with Gasteiger partial charge in [0.2, 0.25) is 5.91 Å². The third-order valence-corrected chi connectivity index (χ3v) is 5.52. The molecule has 2 heterocycles. The Morgan fingerprint density at radius 3 is 2.69 bits per heavy atom. The SMILES string of the molecule is COc1cccc(C(CNC(=O)Cc2ccc3c(c2)OCCO3)N2CCCC2)c1. The third kappa shape index (κ3) is 4.82. The molecule has 1 saturated heterocycles. The summed E-state index contributed by atoms with van der Waals surface area (Å²) < 4.78 is 16.6. The number of likely N-dealkylation sites (tertiary alicyclic amines) is 1. The van der Waals surface area contributed by atoms with Crippen LogP contribution >= 0.6 is 0 Å². The van der Waals surface area contributed by atoms with Crippen molar-refractivity contribution in [2.24, 2.45) is 0 Å². The fourth-order valence-corrected chi connectivity index (χ4v) is 4.02. The third-order valence-electron chi connectivity index (χ3n) is 5.52. The van der Waals surface area contributed by atoms with Crippen LogP contribution in [0.25, 0.3) is 0 Å². The lowest BCUT2D eigenvalue weighted by atomic mass is 10.0. The highest BCUT2D eigenvalue weighted by atomic mass is 16.6. The van der Waals surface area contributed by atoms with Gasteiger partial charge in [-0.15, -0.1) is 0 Å². The van der Waals surface area contributed by atoms with E-state index < -0.39 is 0 Å². The van der Waals surface area contributed by atoms with Gasteiger partial charge in [0.25, 0.3) is 0 Å². The highest BCUT2D eigenvalue weighted by molar-refractivity contribution is 5.78. The van der Waals surface area contributed by atoms with Gasteiger partial charge in [-0.1, -0.05) is 18.2 Å². The summed E-state index contributed by atoms with van der Waals surface area (Å²) >= 11 is 0. The molecule has 154 valence electrons. The molecule has 2 aliphatic heterocycles. The minimum Gasteiger partial charge on any atom is -0.497 e.